The Balaban J connectivity index is 1.46. The maximum Gasteiger partial charge on any atom is 0.310 e. The van der Waals surface area contributed by atoms with E-state index in [0.717, 1.165) is 38.9 Å². The number of fused-ring (bicyclic) bond motifs is 1. The van der Waals surface area contributed by atoms with Crippen molar-refractivity contribution in [2.75, 3.05) is 6.61 Å². The number of hydrogen-bond acceptors (Lipinski definition) is 5. The number of benzene rings is 4. The molecular weight excluding hydrogens is 526 g/mol. The standard InChI is InChI=1S/C33H28ClNO5/c1-3-38-33(37)19-26-21-35(20-23-7-12-28(13-8-23)40-29-14-10-27(34)11-15-29)32-18-25(9-16-31(26)32)24-5-4-6-30(17-24)39-22(2)36/h4-18,21H,3,19-20H2,1-2H3. The molecule has 0 radical (unpaired) electrons. The van der Waals surface area contributed by atoms with Gasteiger partial charge in [-0.05, 0) is 83.8 Å². The third kappa shape index (κ3) is 6.53. The van der Waals surface area contributed by atoms with Crippen molar-refractivity contribution in [2.24, 2.45) is 0 Å². The first-order valence-corrected chi connectivity index (χ1v) is 13.3. The Labute approximate surface area is 237 Å². The SMILES string of the molecule is CCOC(=O)Cc1cn(Cc2ccc(Oc3ccc(Cl)cc3)cc2)c2cc(-c3cccc(OC(C)=O)c3)ccc12. The van der Waals surface area contributed by atoms with E-state index < -0.39 is 0 Å². The van der Waals surface area contributed by atoms with Gasteiger partial charge in [0.2, 0.25) is 0 Å². The normalized spacial score (nSPS) is 10.9. The van der Waals surface area contributed by atoms with Crippen LogP contribution in [0.3, 0.4) is 0 Å². The summed E-state index contributed by atoms with van der Waals surface area (Å²) in [5.74, 6) is 1.30. The van der Waals surface area contributed by atoms with Crippen molar-refractivity contribution in [2.45, 2.75) is 26.8 Å². The number of rotatable bonds is 9. The number of aromatic nitrogens is 1. The van der Waals surface area contributed by atoms with Gasteiger partial charge in [0.1, 0.15) is 17.2 Å². The molecule has 4 aromatic carbocycles. The summed E-state index contributed by atoms with van der Waals surface area (Å²) < 4.78 is 18.6. The fraction of sp³-hybridized carbons (Fsp3) is 0.152. The average Bonchev–Trinajstić information content (AvgIpc) is 3.27. The summed E-state index contributed by atoms with van der Waals surface area (Å²) in [7, 11) is 0. The largest absolute Gasteiger partial charge is 0.466 e. The van der Waals surface area contributed by atoms with E-state index in [9.17, 15) is 9.59 Å². The number of nitrogens with zero attached hydrogens (tertiary/aromatic N) is 1. The molecule has 1 aromatic heterocycles. The van der Waals surface area contributed by atoms with Gasteiger partial charge in [-0.1, -0.05) is 48.0 Å². The lowest BCUT2D eigenvalue weighted by Crippen LogP contribution is -2.07. The van der Waals surface area contributed by atoms with E-state index in [-0.39, 0.29) is 18.4 Å². The third-order valence-electron chi connectivity index (χ3n) is 6.36. The Morgan fingerprint density at radius 3 is 2.23 bits per heavy atom. The molecule has 5 rings (SSSR count). The van der Waals surface area contributed by atoms with E-state index >= 15 is 0 Å². The molecule has 0 bridgehead atoms. The number of esters is 2. The molecule has 0 atom stereocenters. The molecule has 0 saturated carbocycles. The molecule has 5 aromatic rings. The van der Waals surface area contributed by atoms with Gasteiger partial charge in [-0.15, -0.1) is 0 Å². The van der Waals surface area contributed by atoms with Crippen molar-refractivity contribution >= 4 is 34.4 Å². The van der Waals surface area contributed by atoms with Crippen LogP contribution in [0.1, 0.15) is 25.0 Å². The summed E-state index contributed by atoms with van der Waals surface area (Å²) >= 11 is 5.97. The lowest BCUT2D eigenvalue weighted by Gasteiger charge is -2.10. The van der Waals surface area contributed by atoms with Gasteiger partial charge in [0.15, 0.2) is 0 Å². The second-order valence-corrected chi connectivity index (χ2v) is 9.75. The van der Waals surface area contributed by atoms with E-state index in [2.05, 4.69) is 10.6 Å². The van der Waals surface area contributed by atoms with E-state index in [1.54, 1.807) is 25.1 Å². The number of halogens is 1. The van der Waals surface area contributed by atoms with E-state index in [1.807, 2.05) is 72.9 Å². The third-order valence-corrected chi connectivity index (χ3v) is 6.61. The Bertz CT molecular complexity index is 1660. The number of carbonyl (C=O) groups excluding carboxylic acids is 2. The van der Waals surface area contributed by atoms with Crippen LogP contribution in [0.5, 0.6) is 17.2 Å². The highest BCUT2D eigenvalue weighted by molar-refractivity contribution is 6.30. The maximum absolute atomic E-state index is 12.3. The van der Waals surface area contributed by atoms with Crippen LogP contribution in [-0.2, 0) is 27.3 Å². The number of hydrogen-bond donors (Lipinski definition) is 0. The zero-order valence-electron chi connectivity index (χ0n) is 22.2. The molecular formula is C33H28ClNO5. The molecule has 0 saturated heterocycles. The van der Waals surface area contributed by atoms with Crippen LogP contribution in [0.2, 0.25) is 5.02 Å². The first-order chi connectivity index (χ1) is 19.4. The van der Waals surface area contributed by atoms with Crippen molar-refractivity contribution in [1.82, 2.24) is 4.57 Å². The molecule has 0 fully saturated rings. The highest BCUT2D eigenvalue weighted by Crippen LogP contribution is 2.31. The van der Waals surface area contributed by atoms with E-state index in [1.165, 1.54) is 6.92 Å². The van der Waals surface area contributed by atoms with Crippen molar-refractivity contribution in [3.8, 4) is 28.4 Å². The average molecular weight is 554 g/mol. The summed E-state index contributed by atoms with van der Waals surface area (Å²) in [5, 5.41) is 1.64. The second kappa shape index (κ2) is 12.1. The van der Waals surface area contributed by atoms with Crippen LogP contribution in [-0.4, -0.2) is 23.1 Å². The first-order valence-electron chi connectivity index (χ1n) is 13.0. The van der Waals surface area contributed by atoms with Gasteiger partial charge in [-0.2, -0.15) is 0 Å². The molecule has 0 amide bonds. The lowest BCUT2D eigenvalue weighted by atomic mass is 10.0. The Morgan fingerprint density at radius 1 is 0.825 bits per heavy atom. The van der Waals surface area contributed by atoms with Crippen molar-refractivity contribution < 1.29 is 23.8 Å². The van der Waals surface area contributed by atoms with Crippen LogP contribution in [0.15, 0.2) is 97.2 Å². The van der Waals surface area contributed by atoms with Crippen LogP contribution in [0, 0.1) is 0 Å². The summed E-state index contributed by atoms with van der Waals surface area (Å²) in [6.45, 7) is 4.12. The molecule has 0 aliphatic rings. The van der Waals surface area contributed by atoms with Crippen LogP contribution >= 0.6 is 11.6 Å². The molecule has 202 valence electrons. The number of ether oxygens (including phenoxy) is 3. The summed E-state index contributed by atoms with van der Waals surface area (Å²) in [6, 6.07) is 28.7. The molecule has 40 heavy (non-hydrogen) atoms. The summed E-state index contributed by atoms with van der Waals surface area (Å²) in [6.07, 6.45) is 2.20. The summed E-state index contributed by atoms with van der Waals surface area (Å²) in [5.41, 5.74) is 4.84. The van der Waals surface area contributed by atoms with E-state index in [0.29, 0.717) is 29.7 Å². The zero-order chi connectivity index (χ0) is 28.1. The molecule has 7 heteroatoms. The molecule has 1 heterocycles. The van der Waals surface area contributed by atoms with Gasteiger partial charge < -0.3 is 18.8 Å². The quantitative estimate of drug-likeness (QED) is 0.137. The fourth-order valence-electron chi connectivity index (χ4n) is 4.59. The minimum atomic E-state index is -0.366. The van der Waals surface area contributed by atoms with Gasteiger partial charge in [0.25, 0.3) is 0 Å². The van der Waals surface area contributed by atoms with Crippen molar-refractivity contribution in [3.63, 3.8) is 0 Å². The Kier molecular flexibility index (Phi) is 8.18. The van der Waals surface area contributed by atoms with Crippen molar-refractivity contribution in [1.29, 1.82) is 0 Å². The molecule has 0 aliphatic carbocycles. The van der Waals surface area contributed by atoms with Gasteiger partial charge in [-0.25, -0.2) is 0 Å². The Morgan fingerprint density at radius 2 is 1.52 bits per heavy atom. The van der Waals surface area contributed by atoms with Gasteiger partial charge in [0, 0.05) is 35.6 Å². The highest BCUT2D eigenvalue weighted by Gasteiger charge is 2.15. The van der Waals surface area contributed by atoms with Crippen LogP contribution in [0.4, 0.5) is 0 Å². The van der Waals surface area contributed by atoms with E-state index in [4.69, 9.17) is 25.8 Å². The maximum atomic E-state index is 12.3. The van der Waals surface area contributed by atoms with Crippen LogP contribution in [0.25, 0.3) is 22.0 Å². The predicted octanol–water partition coefficient (Wildman–Crippen LogP) is 7.83. The minimum Gasteiger partial charge on any atom is -0.466 e. The fourth-order valence-corrected chi connectivity index (χ4v) is 4.72. The molecule has 0 aliphatic heterocycles. The first kappa shape index (κ1) is 27.0. The minimum absolute atomic E-state index is 0.187. The molecule has 0 unspecified atom stereocenters. The molecule has 0 spiro atoms. The van der Waals surface area contributed by atoms with Gasteiger partial charge in [0.05, 0.1) is 13.0 Å². The molecule has 0 N–H and O–H groups in total. The second-order valence-electron chi connectivity index (χ2n) is 9.32. The predicted molar refractivity (Wildman–Crippen MR) is 156 cm³/mol. The smallest absolute Gasteiger partial charge is 0.310 e. The van der Waals surface area contributed by atoms with Crippen molar-refractivity contribution in [3.05, 3.63) is 113 Å². The summed E-state index contributed by atoms with van der Waals surface area (Å²) in [4.78, 5) is 23.8. The number of carbonyl (C=O) groups is 2. The molecule has 6 nitrogen and oxygen atoms in total. The zero-order valence-corrected chi connectivity index (χ0v) is 23.0. The lowest BCUT2D eigenvalue weighted by molar-refractivity contribution is -0.142. The topological polar surface area (TPSA) is 66.8 Å². The van der Waals surface area contributed by atoms with Gasteiger partial charge in [-0.3, -0.25) is 9.59 Å². The van der Waals surface area contributed by atoms with Crippen LogP contribution < -0.4 is 9.47 Å². The highest BCUT2D eigenvalue weighted by atomic mass is 35.5. The Hall–Kier alpha value is -4.55. The monoisotopic (exact) mass is 553 g/mol. The van der Waals surface area contributed by atoms with Gasteiger partial charge >= 0.3 is 11.9 Å².